The maximum atomic E-state index is 13.3. The molecule has 9 nitrogen and oxygen atoms in total. The van der Waals surface area contributed by atoms with Crippen molar-refractivity contribution in [2.75, 3.05) is 0 Å². The quantitative estimate of drug-likeness (QED) is 0.345. The lowest BCUT2D eigenvalue weighted by atomic mass is 9.47. The molecule has 0 amide bonds. The standard InChI is InChI=1S/C26H36O9/c1-12-17(30)9-10-25(8)20(12)22(34-15(4)28)26(32)11-18(31)13(2)19(24(26,6)7)21(33-14(3)27)23(25)35-16(5)29/h17,20-23,30,32H,1,9-11H2,2-8H3/t17-,20?,21+,22-,23-,25+,26+/m0/s1. The Morgan fingerprint density at radius 2 is 1.49 bits per heavy atom. The lowest BCUT2D eigenvalue weighted by molar-refractivity contribution is -0.234. The molecule has 2 bridgehead atoms. The Balaban J connectivity index is 2.48. The number of ketones is 1. The topological polar surface area (TPSA) is 136 Å². The van der Waals surface area contributed by atoms with E-state index in [1.807, 2.05) is 0 Å². The second-order valence-corrected chi connectivity index (χ2v) is 10.9. The van der Waals surface area contributed by atoms with Gasteiger partial charge in [0.1, 0.15) is 17.8 Å². The molecular weight excluding hydrogens is 456 g/mol. The van der Waals surface area contributed by atoms with Gasteiger partial charge < -0.3 is 24.4 Å². The molecule has 2 saturated carbocycles. The summed E-state index contributed by atoms with van der Waals surface area (Å²) in [7, 11) is 0. The smallest absolute Gasteiger partial charge is 0.303 e. The number of hydrogen-bond donors (Lipinski definition) is 2. The maximum absolute atomic E-state index is 13.3. The molecule has 0 aliphatic heterocycles. The van der Waals surface area contributed by atoms with Gasteiger partial charge in [-0.2, -0.15) is 0 Å². The maximum Gasteiger partial charge on any atom is 0.303 e. The van der Waals surface area contributed by atoms with Crippen LogP contribution in [0.2, 0.25) is 0 Å². The second kappa shape index (κ2) is 8.85. The number of ether oxygens (including phenoxy) is 3. The molecule has 3 rings (SSSR count). The summed E-state index contributed by atoms with van der Waals surface area (Å²) in [4.78, 5) is 50.3. The van der Waals surface area contributed by atoms with Crippen LogP contribution in [0.25, 0.3) is 0 Å². The van der Waals surface area contributed by atoms with Gasteiger partial charge in [0.25, 0.3) is 0 Å². The van der Waals surface area contributed by atoms with Gasteiger partial charge in [-0.1, -0.05) is 27.4 Å². The van der Waals surface area contributed by atoms with E-state index in [9.17, 15) is 29.4 Å². The molecule has 7 atom stereocenters. The van der Waals surface area contributed by atoms with Crippen molar-refractivity contribution < 1.29 is 43.6 Å². The number of rotatable bonds is 3. The van der Waals surface area contributed by atoms with Crippen LogP contribution < -0.4 is 0 Å². The molecule has 9 heteroatoms. The van der Waals surface area contributed by atoms with Crippen molar-refractivity contribution in [3.63, 3.8) is 0 Å². The average Bonchev–Trinajstić information content (AvgIpc) is 2.71. The summed E-state index contributed by atoms with van der Waals surface area (Å²) < 4.78 is 17.4. The van der Waals surface area contributed by atoms with E-state index in [2.05, 4.69) is 6.58 Å². The summed E-state index contributed by atoms with van der Waals surface area (Å²) in [5.74, 6) is -3.31. The third-order valence-corrected chi connectivity index (χ3v) is 8.36. The van der Waals surface area contributed by atoms with E-state index in [0.717, 1.165) is 0 Å². The Kier molecular flexibility index (Phi) is 6.85. The van der Waals surface area contributed by atoms with Crippen LogP contribution in [0.4, 0.5) is 0 Å². The molecule has 0 aromatic carbocycles. The van der Waals surface area contributed by atoms with Crippen molar-refractivity contribution in [3.8, 4) is 0 Å². The van der Waals surface area contributed by atoms with Crippen LogP contribution in [-0.4, -0.2) is 63.9 Å². The zero-order valence-corrected chi connectivity index (χ0v) is 21.5. The molecule has 0 aromatic heterocycles. The SMILES string of the molecule is C=C1C2[C@H](OC(C)=O)[C@]3(O)CC(=O)C(C)=C([C@@H](OC(C)=O)[C@H](OC(C)=O)[C@]2(C)CC[C@@H]1O)C3(C)C. The highest BCUT2D eigenvalue weighted by Crippen LogP contribution is 2.61. The van der Waals surface area contributed by atoms with Gasteiger partial charge in [0.2, 0.25) is 0 Å². The number of carbonyl (C=O) groups excluding carboxylic acids is 4. The molecular formula is C26H36O9. The van der Waals surface area contributed by atoms with E-state index < -0.39 is 70.5 Å². The summed E-state index contributed by atoms with van der Waals surface area (Å²) in [5, 5.41) is 23.1. The average molecular weight is 493 g/mol. The molecule has 0 aromatic rings. The highest BCUT2D eigenvalue weighted by Gasteiger charge is 2.69. The fourth-order valence-corrected chi connectivity index (χ4v) is 6.55. The van der Waals surface area contributed by atoms with Gasteiger partial charge in [-0.15, -0.1) is 0 Å². The molecule has 0 heterocycles. The molecule has 194 valence electrons. The van der Waals surface area contributed by atoms with Crippen molar-refractivity contribution >= 4 is 23.7 Å². The minimum absolute atomic E-state index is 0.266. The van der Waals surface area contributed by atoms with Crippen molar-refractivity contribution in [2.24, 2.45) is 16.7 Å². The molecule has 3 aliphatic rings. The highest BCUT2D eigenvalue weighted by molar-refractivity contribution is 5.98. The molecule has 2 fully saturated rings. The molecule has 0 radical (unpaired) electrons. The van der Waals surface area contributed by atoms with Gasteiger partial charge in [0.15, 0.2) is 11.9 Å². The lowest BCUT2D eigenvalue weighted by Crippen LogP contribution is -2.70. The van der Waals surface area contributed by atoms with Crippen LogP contribution in [0.5, 0.6) is 0 Å². The number of carbonyl (C=O) groups is 4. The molecule has 35 heavy (non-hydrogen) atoms. The number of hydrogen-bond acceptors (Lipinski definition) is 9. The largest absolute Gasteiger partial charge is 0.459 e. The predicted molar refractivity (Wildman–Crippen MR) is 124 cm³/mol. The molecule has 2 N–H and O–H groups in total. The molecule has 0 spiro atoms. The van der Waals surface area contributed by atoms with E-state index in [4.69, 9.17) is 14.2 Å². The summed E-state index contributed by atoms with van der Waals surface area (Å²) in [6.07, 6.45) is -4.39. The van der Waals surface area contributed by atoms with Crippen LogP contribution in [0.15, 0.2) is 23.3 Å². The van der Waals surface area contributed by atoms with Crippen molar-refractivity contribution in [1.82, 2.24) is 0 Å². The third-order valence-electron chi connectivity index (χ3n) is 8.36. The van der Waals surface area contributed by atoms with E-state index in [0.29, 0.717) is 11.1 Å². The fourth-order valence-electron chi connectivity index (χ4n) is 6.55. The van der Waals surface area contributed by atoms with E-state index in [1.54, 1.807) is 27.7 Å². The van der Waals surface area contributed by atoms with E-state index in [-0.39, 0.29) is 24.8 Å². The Labute approximate surface area is 205 Å². The minimum Gasteiger partial charge on any atom is -0.459 e. The van der Waals surface area contributed by atoms with Crippen LogP contribution in [0.1, 0.15) is 67.7 Å². The Hall–Kier alpha value is -2.52. The summed E-state index contributed by atoms with van der Waals surface area (Å²) in [6.45, 7) is 14.5. The Bertz CT molecular complexity index is 1010. The van der Waals surface area contributed by atoms with Crippen LogP contribution in [-0.2, 0) is 33.4 Å². The first kappa shape index (κ1) is 27.1. The summed E-state index contributed by atoms with van der Waals surface area (Å²) >= 11 is 0. The van der Waals surface area contributed by atoms with Crippen LogP contribution in [0.3, 0.4) is 0 Å². The predicted octanol–water partition coefficient (Wildman–Crippen LogP) is 2.18. The Morgan fingerprint density at radius 1 is 0.971 bits per heavy atom. The van der Waals surface area contributed by atoms with Gasteiger partial charge in [0, 0.05) is 43.9 Å². The number of aliphatic hydroxyl groups is 2. The number of fused-ring (bicyclic) bond motifs is 3. The monoisotopic (exact) mass is 492 g/mol. The van der Waals surface area contributed by atoms with Crippen molar-refractivity contribution in [1.29, 1.82) is 0 Å². The van der Waals surface area contributed by atoms with Gasteiger partial charge in [-0.25, -0.2) is 0 Å². The number of esters is 3. The third kappa shape index (κ3) is 4.12. The highest BCUT2D eigenvalue weighted by atomic mass is 16.6. The number of allylic oxidation sites excluding steroid dienone is 1. The van der Waals surface area contributed by atoms with Crippen LogP contribution in [0, 0.1) is 16.7 Å². The number of Topliss-reactive ketones (excluding diaryl/α,β-unsaturated/α-hetero) is 1. The summed E-state index contributed by atoms with van der Waals surface area (Å²) in [5.41, 5.74) is -3.40. The van der Waals surface area contributed by atoms with E-state index >= 15 is 0 Å². The fraction of sp³-hybridized carbons (Fsp3) is 0.692. The zero-order chi connectivity index (χ0) is 26.7. The summed E-state index contributed by atoms with van der Waals surface area (Å²) in [6, 6.07) is 0. The lowest BCUT2D eigenvalue weighted by Gasteiger charge is -2.62. The number of aliphatic hydroxyl groups excluding tert-OH is 1. The van der Waals surface area contributed by atoms with Gasteiger partial charge in [-0.05, 0) is 36.5 Å². The molecule has 1 unspecified atom stereocenters. The molecule has 3 aliphatic carbocycles. The van der Waals surface area contributed by atoms with Gasteiger partial charge in [0.05, 0.1) is 6.10 Å². The van der Waals surface area contributed by atoms with Crippen LogP contribution >= 0.6 is 0 Å². The molecule has 0 saturated heterocycles. The van der Waals surface area contributed by atoms with Gasteiger partial charge in [-0.3, -0.25) is 19.2 Å². The zero-order valence-electron chi connectivity index (χ0n) is 21.5. The first-order chi connectivity index (χ1) is 16.0. The first-order valence-corrected chi connectivity index (χ1v) is 11.8. The first-order valence-electron chi connectivity index (χ1n) is 11.8. The Morgan fingerprint density at radius 3 is 2.00 bits per heavy atom. The normalized spacial score (nSPS) is 38.6. The van der Waals surface area contributed by atoms with Crippen molar-refractivity contribution in [2.45, 2.75) is 97.7 Å². The van der Waals surface area contributed by atoms with E-state index in [1.165, 1.54) is 20.8 Å². The van der Waals surface area contributed by atoms with Gasteiger partial charge >= 0.3 is 17.9 Å². The minimum atomic E-state index is -1.93. The second-order valence-electron chi connectivity index (χ2n) is 10.9. The van der Waals surface area contributed by atoms with Crippen molar-refractivity contribution in [3.05, 3.63) is 23.3 Å².